The third kappa shape index (κ3) is 1.26. The summed E-state index contributed by atoms with van der Waals surface area (Å²) in [6, 6.07) is 4.52. The van der Waals surface area contributed by atoms with Gasteiger partial charge in [-0.2, -0.15) is 0 Å². The summed E-state index contributed by atoms with van der Waals surface area (Å²) in [5.74, 6) is -0.326. The molecule has 2 unspecified atom stereocenters. The monoisotopic (exact) mass is 222 g/mol. The molecule has 2 N–H and O–H groups in total. The van der Waals surface area contributed by atoms with Crippen molar-refractivity contribution in [1.29, 1.82) is 0 Å². The smallest absolute Gasteiger partial charge is 0.140 e. The van der Waals surface area contributed by atoms with Crippen molar-refractivity contribution in [2.75, 3.05) is 6.54 Å². The molecular weight excluding hydrogens is 210 g/mol. The minimum Gasteiger partial charge on any atom is -0.357 e. The molecule has 0 radical (unpaired) electrons. The quantitative estimate of drug-likeness (QED) is 0.704. The molecule has 1 aromatic carbocycles. The van der Waals surface area contributed by atoms with Gasteiger partial charge in [0.1, 0.15) is 12.0 Å². The average molecular weight is 222 g/mol. The first kappa shape index (κ1) is 9.78. The van der Waals surface area contributed by atoms with Gasteiger partial charge in [-0.05, 0) is 25.1 Å². The molecule has 3 rings (SSSR count). The highest BCUT2D eigenvalue weighted by molar-refractivity contribution is 5.85. The third-order valence-electron chi connectivity index (χ3n) is 3.18. The summed E-state index contributed by atoms with van der Waals surface area (Å²) in [6.07, 6.45) is -1.07. The van der Waals surface area contributed by atoms with Crippen molar-refractivity contribution in [2.24, 2.45) is 0 Å². The lowest BCUT2D eigenvalue weighted by Crippen LogP contribution is -2.29. The molecule has 2 heterocycles. The van der Waals surface area contributed by atoms with E-state index in [1.807, 2.05) is 6.92 Å². The van der Waals surface area contributed by atoms with Crippen molar-refractivity contribution in [3.63, 3.8) is 0 Å². The van der Waals surface area contributed by atoms with Crippen LogP contribution < -0.4 is 5.32 Å². The zero-order valence-electron chi connectivity index (χ0n) is 8.85. The molecular formula is C12H12F2N2. The van der Waals surface area contributed by atoms with Gasteiger partial charge in [0.15, 0.2) is 0 Å². The van der Waals surface area contributed by atoms with E-state index in [4.69, 9.17) is 0 Å². The zero-order valence-corrected chi connectivity index (χ0v) is 8.85. The van der Waals surface area contributed by atoms with Crippen LogP contribution >= 0.6 is 0 Å². The van der Waals surface area contributed by atoms with Crippen LogP contribution in [0.2, 0.25) is 0 Å². The normalized spacial score (nSPS) is 24.7. The van der Waals surface area contributed by atoms with Gasteiger partial charge in [0, 0.05) is 34.7 Å². The second-order valence-electron chi connectivity index (χ2n) is 4.24. The van der Waals surface area contributed by atoms with E-state index in [1.54, 1.807) is 6.07 Å². The molecule has 2 atom stereocenters. The molecule has 0 fully saturated rings. The number of benzene rings is 1. The van der Waals surface area contributed by atoms with Gasteiger partial charge >= 0.3 is 0 Å². The number of hydrogen-bond donors (Lipinski definition) is 2. The van der Waals surface area contributed by atoms with Crippen molar-refractivity contribution >= 4 is 10.9 Å². The molecule has 0 bridgehead atoms. The van der Waals surface area contributed by atoms with Gasteiger partial charge in [-0.25, -0.2) is 8.78 Å². The molecule has 0 saturated heterocycles. The number of fused-ring (bicyclic) bond motifs is 3. The first-order chi connectivity index (χ1) is 7.66. The zero-order chi connectivity index (χ0) is 11.3. The lowest BCUT2D eigenvalue weighted by Gasteiger charge is -2.23. The summed E-state index contributed by atoms with van der Waals surface area (Å²) < 4.78 is 27.0. The molecule has 0 saturated carbocycles. The topological polar surface area (TPSA) is 27.8 Å². The van der Waals surface area contributed by atoms with E-state index >= 15 is 0 Å². The fourth-order valence-corrected chi connectivity index (χ4v) is 2.37. The summed E-state index contributed by atoms with van der Waals surface area (Å²) >= 11 is 0. The molecule has 2 nitrogen and oxygen atoms in total. The summed E-state index contributed by atoms with van der Waals surface area (Å²) in [7, 11) is 0. The van der Waals surface area contributed by atoms with E-state index in [1.165, 1.54) is 12.1 Å². The lowest BCUT2D eigenvalue weighted by molar-refractivity contribution is 0.295. The Morgan fingerprint density at radius 3 is 3.00 bits per heavy atom. The van der Waals surface area contributed by atoms with Crippen LogP contribution in [0.1, 0.15) is 30.4 Å². The highest BCUT2D eigenvalue weighted by Gasteiger charge is 2.28. The largest absolute Gasteiger partial charge is 0.357 e. The Morgan fingerprint density at radius 1 is 1.38 bits per heavy atom. The number of aromatic nitrogens is 1. The molecule has 4 heteroatoms. The SMILES string of the molecule is CC1NCC(F)c2c1[nH]c1ccc(F)cc21. The first-order valence-corrected chi connectivity index (χ1v) is 5.35. The lowest BCUT2D eigenvalue weighted by atomic mass is 9.99. The predicted molar refractivity (Wildman–Crippen MR) is 58.5 cm³/mol. The molecule has 84 valence electrons. The number of nitrogens with one attached hydrogen (secondary N) is 2. The van der Waals surface area contributed by atoms with Gasteiger partial charge in [0.25, 0.3) is 0 Å². The highest BCUT2D eigenvalue weighted by atomic mass is 19.1. The Bertz CT molecular complexity index is 547. The maximum Gasteiger partial charge on any atom is 0.140 e. The van der Waals surface area contributed by atoms with Crippen molar-refractivity contribution in [1.82, 2.24) is 10.3 Å². The minimum atomic E-state index is -1.07. The average Bonchev–Trinajstić information content (AvgIpc) is 2.63. The minimum absolute atomic E-state index is 0.0810. The van der Waals surface area contributed by atoms with E-state index in [-0.39, 0.29) is 18.4 Å². The van der Waals surface area contributed by atoms with Crippen molar-refractivity contribution < 1.29 is 8.78 Å². The molecule has 2 aromatic rings. The fraction of sp³-hybridized carbons (Fsp3) is 0.333. The van der Waals surface area contributed by atoms with Crippen LogP contribution in [0.15, 0.2) is 18.2 Å². The van der Waals surface area contributed by atoms with Crippen molar-refractivity contribution in [3.05, 3.63) is 35.3 Å². The van der Waals surface area contributed by atoms with E-state index in [2.05, 4.69) is 10.3 Å². The highest BCUT2D eigenvalue weighted by Crippen LogP contribution is 2.36. The third-order valence-corrected chi connectivity index (χ3v) is 3.18. The van der Waals surface area contributed by atoms with Crippen LogP contribution in [0.3, 0.4) is 0 Å². The number of alkyl halides is 1. The maximum atomic E-state index is 13.8. The Morgan fingerprint density at radius 2 is 2.19 bits per heavy atom. The number of halogens is 2. The number of aromatic amines is 1. The second-order valence-corrected chi connectivity index (χ2v) is 4.24. The predicted octanol–water partition coefficient (Wildman–Crippen LogP) is 2.98. The number of rotatable bonds is 0. The van der Waals surface area contributed by atoms with Gasteiger partial charge in [-0.3, -0.25) is 0 Å². The van der Waals surface area contributed by atoms with Gasteiger partial charge in [-0.15, -0.1) is 0 Å². The standard InChI is InChI=1S/C12H12F2N2/c1-6-12-11(9(14)5-15-6)8-4-7(13)2-3-10(8)16-12/h2-4,6,9,15-16H,5H2,1H3. The number of hydrogen-bond acceptors (Lipinski definition) is 1. The van der Waals surface area contributed by atoms with Crippen LogP contribution in [-0.4, -0.2) is 11.5 Å². The van der Waals surface area contributed by atoms with Crippen LogP contribution in [0.5, 0.6) is 0 Å². The van der Waals surface area contributed by atoms with Gasteiger partial charge in [0.2, 0.25) is 0 Å². The molecule has 0 spiro atoms. The maximum absolute atomic E-state index is 13.8. The molecule has 1 aliphatic heterocycles. The van der Waals surface area contributed by atoms with E-state index in [9.17, 15) is 8.78 Å². The Labute approximate surface area is 91.7 Å². The second kappa shape index (κ2) is 3.28. The summed E-state index contributed by atoms with van der Waals surface area (Å²) in [5, 5.41) is 3.73. The molecule has 1 aromatic heterocycles. The Balaban J connectivity index is 2.33. The molecule has 16 heavy (non-hydrogen) atoms. The van der Waals surface area contributed by atoms with Crippen LogP contribution in [0, 0.1) is 5.82 Å². The van der Waals surface area contributed by atoms with E-state index in [0.717, 1.165) is 11.2 Å². The van der Waals surface area contributed by atoms with E-state index in [0.29, 0.717) is 10.9 Å². The van der Waals surface area contributed by atoms with Crippen LogP contribution in [0.25, 0.3) is 10.9 Å². The van der Waals surface area contributed by atoms with Gasteiger partial charge < -0.3 is 10.3 Å². The summed E-state index contributed by atoms with van der Waals surface area (Å²) in [5.41, 5.74) is 2.24. The molecule has 1 aliphatic rings. The Kier molecular flexibility index (Phi) is 2.01. The molecule has 0 amide bonds. The Hall–Kier alpha value is -1.42. The molecule has 0 aliphatic carbocycles. The number of H-pyrrole nitrogens is 1. The summed E-state index contributed by atoms with van der Waals surface area (Å²) in [6.45, 7) is 2.26. The summed E-state index contributed by atoms with van der Waals surface area (Å²) in [4.78, 5) is 3.15. The van der Waals surface area contributed by atoms with Crippen LogP contribution in [0.4, 0.5) is 8.78 Å². The van der Waals surface area contributed by atoms with Crippen molar-refractivity contribution in [2.45, 2.75) is 19.1 Å². The van der Waals surface area contributed by atoms with E-state index < -0.39 is 6.17 Å². The van der Waals surface area contributed by atoms with Crippen LogP contribution in [-0.2, 0) is 0 Å². The van der Waals surface area contributed by atoms with Gasteiger partial charge in [-0.1, -0.05) is 0 Å². The van der Waals surface area contributed by atoms with Crippen molar-refractivity contribution in [3.8, 4) is 0 Å². The fourth-order valence-electron chi connectivity index (χ4n) is 2.37. The first-order valence-electron chi connectivity index (χ1n) is 5.35. The van der Waals surface area contributed by atoms with Gasteiger partial charge in [0.05, 0.1) is 0 Å².